The monoisotopic (exact) mass is 455 g/mol. The Morgan fingerprint density at radius 3 is 2.19 bits per heavy atom. The van der Waals surface area contributed by atoms with Crippen molar-refractivity contribution in [2.75, 3.05) is 18.4 Å². The summed E-state index contributed by atoms with van der Waals surface area (Å²) in [6.07, 6.45) is 1.85. The van der Waals surface area contributed by atoms with Crippen LogP contribution in [0.15, 0.2) is 53.4 Å². The predicted octanol–water partition coefficient (Wildman–Crippen LogP) is 2.73. The Bertz CT molecular complexity index is 1140. The van der Waals surface area contributed by atoms with Crippen LogP contribution >= 0.6 is 0 Å². The van der Waals surface area contributed by atoms with Crippen molar-refractivity contribution in [3.05, 3.63) is 59.7 Å². The first-order valence-electron chi connectivity index (χ1n) is 10.6. The lowest BCUT2D eigenvalue weighted by Crippen LogP contribution is -2.45. The predicted molar refractivity (Wildman–Crippen MR) is 119 cm³/mol. The largest absolute Gasteiger partial charge is 0.324 e. The Morgan fingerprint density at radius 1 is 1.03 bits per heavy atom. The van der Waals surface area contributed by atoms with E-state index in [2.05, 4.69) is 5.32 Å². The number of anilines is 1. The summed E-state index contributed by atoms with van der Waals surface area (Å²) in [5, 5.41) is 2.66. The molecule has 168 valence electrons. The van der Waals surface area contributed by atoms with Gasteiger partial charge in [0.1, 0.15) is 6.04 Å². The zero-order chi connectivity index (χ0) is 23.0. The number of benzene rings is 2. The van der Waals surface area contributed by atoms with Crippen molar-refractivity contribution < 1.29 is 22.8 Å². The molecule has 2 unspecified atom stereocenters. The van der Waals surface area contributed by atoms with Crippen LogP contribution in [-0.2, 0) is 14.8 Å². The van der Waals surface area contributed by atoms with Crippen LogP contribution < -0.4 is 5.32 Å². The number of imide groups is 1. The second kappa shape index (κ2) is 8.48. The third kappa shape index (κ3) is 3.93. The minimum Gasteiger partial charge on any atom is -0.324 e. The molecule has 1 fully saturated rings. The number of hydrogen-bond acceptors (Lipinski definition) is 5. The number of nitrogens with one attached hydrogen (secondary N) is 1. The van der Waals surface area contributed by atoms with E-state index in [0.717, 1.165) is 17.7 Å². The number of sulfonamides is 1. The van der Waals surface area contributed by atoms with Crippen molar-refractivity contribution >= 4 is 33.4 Å². The highest BCUT2D eigenvalue weighted by molar-refractivity contribution is 7.89. The number of piperidine rings is 1. The van der Waals surface area contributed by atoms with E-state index in [1.165, 1.54) is 35.5 Å². The van der Waals surface area contributed by atoms with E-state index < -0.39 is 33.8 Å². The molecule has 1 saturated heterocycles. The summed E-state index contributed by atoms with van der Waals surface area (Å²) in [5.74, 6) is -1.24. The van der Waals surface area contributed by atoms with Gasteiger partial charge in [-0.3, -0.25) is 19.3 Å². The fraction of sp³-hybridized carbons (Fsp3) is 0.348. The number of hydrogen-bond donors (Lipinski definition) is 1. The zero-order valence-corrected chi connectivity index (χ0v) is 18.8. The molecule has 0 radical (unpaired) electrons. The van der Waals surface area contributed by atoms with E-state index >= 15 is 0 Å². The van der Waals surface area contributed by atoms with E-state index in [-0.39, 0.29) is 16.0 Å². The molecule has 2 aromatic rings. The molecule has 0 saturated carbocycles. The van der Waals surface area contributed by atoms with Crippen LogP contribution in [0.3, 0.4) is 0 Å². The Hall–Kier alpha value is -3.04. The number of fused-ring (bicyclic) bond motifs is 1. The number of carbonyl (C=O) groups excluding carboxylic acids is 3. The summed E-state index contributed by atoms with van der Waals surface area (Å²) in [6.45, 7) is 4.52. The fourth-order valence-corrected chi connectivity index (χ4v) is 5.75. The molecule has 9 heteroatoms. The minimum absolute atomic E-state index is 0.165. The van der Waals surface area contributed by atoms with E-state index in [1.54, 1.807) is 24.3 Å². The van der Waals surface area contributed by atoms with Gasteiger partial charge in [0.15, 0.2) is 0 Å². The summed E-state index contributed by atoms with van der Waals surface area (Å²) in [5.41, 5.74) is 0.932. The maximum atomic E-state index is 12.9. The molecule has 2 aromatic carbocycles. The summed E-state index contributed by atoms with van der Waals surface area (Å²) in [4.78, 5) is 39.0. The Morgan fingerprint density at radius 2 is 1.62 bits per heavy atom. The molecule has 0 aliphatic carbocycles. The Kier molecular flexibility index (Phi) is 5.87. The average Bonchev–Trinajstić information content (AvgIpc) is 3.04. The zero-order valence-electron chi connectivity index (χ0n) is 17.9. The first kappa shape index (κ1) is 22.2. The van der Waals surface area contributed by atoms with Gasteiger partial charge in [-0.15, -0.1) is 0 Å². The SMILES string of the molecule is CC1CCCN(S(=O)(=O)c2ccc(NC(=O)C(C)N3C(=O)c4ccccc4C3=O)cc2)C1. The number of amides is 3. The van der Waals surface area contributed by atoms with Gasteiger partial charge in [0.25, 0.3) is 11.8 Å². The first-order chi connectivity index (χ1) is 15.2. The molecule has 0 bridgehead atoms. The first-order valence-corrected chi connectivity index (χ1v) is 12.0. The van der Waals surface area contributed by atoms with Crippen LogP contribution in [0.2, 0.25) is 0 Å². The smallest absolute Gasteiger partial charge is 0.262 e. The fourth-order valence-electron chi connectivity index (χ4n) is 4.15. The minimum atomic E-state index is -3.59. The molecule has 3 amide bonds. The highest BCUT2D eigenvalue weighted by atomic mass is 32.2. The van der Waals surface area contributed by atoms with Crippen molar-refractivity contribution in [1.29, 1.82) is 0 Å². The van der Waals surface area contributed by atoms with Crippen molar-refractivity contribution in [3.8, 4) is 0 Å². The van der Waals surface area contributed by atoms with Gasteiger partial charge in [-0.05, 0) is 62.1 Å². The van der Waals surface area contributed by atoms with Crippen LogP contribution in [0.1, 0.15) is 47.4 Å². The van der Waals surface area contributed by atoms with E-state index in [0.29, 0.717) is 24.7 Å². The van der Waals surface area contributed by atoms with Crippen molar-refractivity contribution in [1.82, 2.24) is 9.21 Å². The number of rotatable bonds is 5. The molecule has 0 spiro atoms. The Balaban J connectivity index is 1.45. The Labute approximate surface area is 187 Å². The van der Waals surface area contributed by atoms with Crippen LogP contribution in [-0.4, -0.2) is 54.5 Å². The maximum absolute atomic E-state index is 12.9. The van der Waals surface area contributed by atoms with Crippen LogP contribution in [0.25, 0.3) is 0 Å². The molecule has 2 aliphatic rings. The van der Waals surface area contributed by atoms with Gasteiger partial charge < -0.3 is 5.32 Å². The molecule has 0 aromatic heterocycles. The van der Waals surface area contributed by atoms with Gasteiger partial charge in [-0.25, -0.2) is 8.42 Å². The summed E-state index contributed by atoms with van der Waals surface area (Å²) < 4.78 is 27.3. The molecule has 8 nitrogen and oxygen atoms in total. The van der Waals surface area contributed by atoms with Gasteiger partial charge in [-0.2, -0.15) is 4.31 Å². The molecule has 2 aliphatic heterocycles. The highest BCUT2D eigenvalue weighted by Crippen LogP contribution is 2.26. The lowest BCUT2D eigenvalue weighted by molar-refractivity contribution is -0.119. The summed E-state index contributed by atoms with van der Waals surface area (Å²) in [6, 6.07) is 11.3. The third-order valence-corrected chi connectivity index (χ3v) is 7.85. The molecule has 32 heavy (non-hydrogen) atoms. The quantitative estimate of drug-likeness (QED) is 0.698. The summed E-state index contributed by atoms with van der Waals surface area (Å²) >= 11 is 0. The number of carbonyl (C=O) groups is 3. The second-order valence-electron chi connectivity index (χ2n) is 8.33. The van der Waals surface area contributed by atoms with E-state index in [9.17, 15) is 22.8 Å². The van der Waals surface area contributed by atoms with E-state index in [1.807, 2.05) is 6.92 Å². The normalized spacial score (nSPS) is 20.2. The van der Waals surface area contributed by atoms with Gasteiger partial charge in [0, 0.05) is 18.8 Å². The third-order valence-electron chi connectivity index (χ3n) is 5.97. The molecular weight excluding hydrogens is 430 g/mol. The van der Waals surface area contributed by atoms with Crippen LogP contribution in [0, 0.1) is 5.92 Å². The van der Waals surface area contributed by atoms with Gasteiger partial charge in [-0.1, -0.05) is 19.1 Å². The van der Waals surface area contributed by atoms with E-state index in [4.69, 9.17) is 0 Å². The summed E-state index contributed by atoms with van der Waals surface area (Å²) in [7, 11) is -3.59. The molecule has 2 heterocycles. The van der Waals surface area contributed by atoms with Crippen LogP contribution in [0.5, 0.6) is 0 Å². The molecular formula is C23H25N3O5S. The molecule has 4 rings (SSSR count). The second-order valence-corrected chi connectivity index (χ2v) is 10.3. The molecule has 1 N–H and O–H groups in total. The van der Waals surface area contributed by atoms with Gasteiger partial charge in [0.2, 0.25) is 15.9 Å². The van der Waals surface area contributed by atoms with Crippen molar-refractivity contribution in [3.63, 3.8) is 0 Å². The number of nitrogens with zero attached hydrogens (tertiary/aromatic N) is 2. The van der Waals surface area contributed by atoms with Crippen LogP contribution in [0.4, 0.5) is 5.69 Å². The molecule has 2 atom stereocenters. The highest BCUT2D eigenvalue weighted by Gasteiger charge is 2.40. The van der Waals surface area contributed by atoms with Gasteiger partial charge in [0.05, 0.1) is 16.0 Å². The topological polar surface area (TPSA) is 104 Å². The lowest BCUT2D eigenvalue weighted by atomic mass is 10.0. The maximum Gasteiger partial charge on any atom is 0.262 e. The van der Waals surface area contributed by atoms with Crippen molar-refractivity contribution in [2.45, 2.75) is 37.6 Å². The van der Waals surface area contributed by atoms with Crippen molar-refractivity contribution in [2.24, 2.45) is 5.92 Å². The average molecular weight is 456 g/mol. The van der Waals surface area contributed by atoms with Gasteiger partial charge >= 0.3 is 0 Å². The lowest BCUT2D eigenvalue weighted by Gasteiger charge is -2.30. The standard InChI is InChI=1S/C23H25N3O5S/c1-15-6-5-13-25(14-15)32(30,31)18-11-9-17(10-12-18)24-21(27)16(2)26-22(28)19-7-3-4-8-20(19)23(26)29/h3-4,7-12,15-16H,5-6,13-14H2,1-2H3,(H,24,27).